The molecule has 0 aromatic rings. The van der Waals surface area contributed by atoms with E-state index in [1.807, 2.05) is 18.7 Å². The van der Waals surface area contributed by atoms with Gasteiger partial charge in [0.1, 0.15) is 6.29 Å². The molecular weight excluding hydrogens is 156 g/mol. The van der Waals surface area contributed by atoms with Crippen molar-refractivity contribution in [3.8, 4) is 0 Å². The van der Waals surface area contributed by atoms with Crippen LogP contribution < -0.4 is 0 Å². The van der Waals surface area contributed by atoms with Gasteiger partial charge in [-0.05, 0) is 12.8 Å². The second-order valence-electron chi connectivity index (χ2n) is 2.99. The van der Waals surface area contributed by atoms with E-state index in [1.54, 1.807) is 0 Å². The zero-order valence-electron chi connectivity index (χ0n) is 6.82. The van der Waals surface area contributed by atoms with Gasteiger partial charge in [-0.2, -0.15) is 11.8 Å². The number of hydrogen-bond acceptors (Lipinski definition) is 2. The maximum atomic E-state index is 10.3. The van der Waals surface area contributed by atoms with E-state index in [-0.39, 0.29) is 5.92 Å². The molecule has 2 unspecified atom stereocenters. The maximum absolute atomic E-state index is 10.3. The normalized spacial score (nSPS) is 25.4. The monoisotopic (exact) mass is 170 g/mol. The number of rotatable bonds is 4. The Labute approximate surface area is 72.2 Å². The lowest BCUT2D eigenvalue weighted by atomic mass is 10.1. The highest BCUT2D eigenvalue weighted by molar-refractivity contribution is 8.00. The summed E-state index contributed by atoms with van der Waals surface area (Å²) in [4.78, 5) is 10.3. The van der Waals surface area contributed by atoms with Gasteiger partial charge < -0.3 is 4.79 Å². The van der Waals surface area contributed by atoms with E-state index in [4.69, 9.17) is 0 Å². The van der Waals surface area contributed by atoms with Crippen LogP contribution in [0.25, 0.3) is 0 Å². The first-order chi connectivity index (χ1) is 5.33. The van der Waals surface area contributed by atoms with Gasteiger partial charge in [-0.1, -0.05) is 19.1 Å². The van der Waals surface area contributed by atoms with Gasteiger partial charge in [0, 0.05) is 16.9 Å². The van der Waals surface area contributed by atoms with Gasteiger partial charge in [0.2, 0.25) is 0 Å². The molecule has 0 fully saturated rings. The number of carbonyl (C=O) groups excluding carboxylic acids is 1. The second kappa shape index (κ2) is 4.60. The maximum Gasteiger partial charge on any atom is 0.122 e. The Balaban J connectivity index is 2.11. The number of aldehydes is 1. The van der Waals surface area contributed by atoms with Crippen molar-refractivity contribution < 1.29 is 4.79 Å². The molecule has 0 aliphatic carbocycles. The highest BCUT2D eigenvalue weighted by atomic mass is 32.2. The van der Waals surface area contributed by atoms with E-state index in [1.165, 1.54) is 0 Å². The third kappa shape index (κ3) is 3.10. The fraction of sp³-hybridized carbons (Fsp3) is 0.667. The van der Waals surface area contributed by atoms with Crippen LogP contribution in [-0.2, 0) is 4.79 Å². The Hall–Kier alpha value is -0.240. The average Bonchev–Trinajstić information content (AvgIpc) is 2.52. The van der Waals surface area contributed by atoms with Crippen LogP contribution in [0.3, 0.4) is 0 Å². The van der Waals surface area contributed by atoms with Crippen LogP contribution in [0, 0.1) is 5.92 Å². The van der Waals surface area contributed by atoms with Gasteiger partial charge >= 0.3 is 0 Å². The predicted octanol–water partition coefficient (Wildman–Crippen LogP) is 2.27. The molecule has 0 aromatic carbocycles. The Morgan fingerprint density at radius 2 is 2.64 bits per heavy atom. The lowest BCUT2D eigenvalue weighted by molar-refractivity contribution is -0.110. The first kappa shape index (κ1) is 8.85. The largest absolute Gasteiger partial charge is 0.303 e. The molecular formula is C9H14OS. The molecule has 0 aromatic heterocycles. The van der Waals surface area contributed by atoms with Gasteiger partial charge in [0.05, 0.1) is 0 Å². The van der Waals surface area contributed by atoms with E-state index in [9.17, 15) is 4.79 Å². The summed E-state index contributed by atoms with van der Waals surface area (Å²) in [5.74, 6) is 1.39. The lowest BCUT2D eigenvalue weighted by Crippen LogP contribution is -2.01. The van der Waals surface area contributed by atoms with Crippen LogP contribution in [0.4, 0.5) is 0 Å². The van der Waals surface area contributed by atoms with E-state index >= 15 is 0 Å². The Kier molecular flexibility index (Phi) is 3.70. The smallest absolute Gasteiger partial charge is 0.122 e. The van der Waals surface area contributed by atoms with Gasteiger partial charge in [0.15, 0.2) is 0 Å². The van der Waals surface area contributed by atoms with Crippen LogP contribution in [0.1, 0.15) is 19.8 Å². The van der Waals surface area contributed by atoms with Gasteiger partial charge in [-0.25, -0.2) is 0 Å². The summed E-state index contributed by atoms with van der Waals surface area (Å²) in [6.07, 6.45) is 7.69. The van der Waals surface area contributed by atoms with Gasteiger partial charge in [0.25, 0.3) is 0 Å². The molecule has 2 heteroatoms. The molecule has 1 rings (SSSR count). The average molecular weight is 170 g/mol. The lowest BCUT2D eigenvalue weighted by Gasteiger charge is -2.07. The quantitative estimate of drug-likeness (QED) is 0.475. The van der Waals surface area contributed by atoms with Crippen LogP contribution >= 0.6 is 11.8 Å². The first-order valence-corrected chi connectivity index (χ1v) is 5.11. The third-order valence-corrected chi connectivity index (χ3v) is 3.10. The molecule has 0 N–H and O–H groups in total. The molecule has 1 nitrogen and oxygen atoms in total. The van der Waals surface area contributed by atoms with Crippen LogP contribution in [0.2, 0.25) is 0 Å². The van der Waals surface area contributed by atoms with E-state index in [2.05, 4.69) is 12.2 Å². The van der Waals surface area contributed by atoms with E-state index < -0.39 is 0 Å². The van der Waals surface area contributed by atoms with Gasteiger partial charge in [-0.15, -0.1) is 0 Å². The number of hydrogen-bond donors (Lipinski definition) is 0. The standard InChI is InChI=1S/C9H14OS/c1-8(7-10)4-5-9-3-2-6-11-9/h2-3,7-9H,4-6H2,1H3. The molecule has 0 saturated carbocycles. The SMILES string of the molecule is CC(C=O)CCC1C=CCS1. The van der Waals surface area contributed by atoms with Crippen LogP contribution in [0.5, 0.6) is 0 Å². The second-order valence-corrected chi connectivity index (χ2v) is 4.26. The summed E-state index contributed by atoms with van der Waals surface area (Å²) in [6, 6.07) is 0. The molecule has 0 amide bonds. The molecule has 0 spiro atoms. The van der Waals surface area contributed by atoms with Crippen molar-refractivity contribution in [2.45, 2.75) is 25.0 Å². The molecule has 1 aliphatic rings. The summed E-state index contributed by atoms with van der Waals surface area (Å²) >= 11 is 1.97. The van der Waals surface area contributed by atoms with Crippen molar-refractivity contribution in [3.05, 3.63) is 12.2 Å². The first-order valence-electron chi connectivity index (χ1n) is 4.06. The van der Waals surface area contributed by atoms with Crippen molar-refractivity contribution in [1.29, 1.82) is 0 Å². The molecule has 0 saturated heterocycles. The fourth-order valence-corrected chi connectivity index (χ4v) is 2.11. The van der Waals surface area contributed by atoms with E-state index in [0.717, 1.165) is 24.9 Å². The number of carbonyl (C=O) groups is 1. The zero-order chi connectivity index (χ0) is 8.10. The Bertz CT molecular complexity index is 154. The predicted molar refractivity (Wildman–Crippen MR) is 49.8 cm³/mol. The Morgan fingerprint density at radius 3 is 3.18 bits per heavy atom. The highest BCUT2D eigenvalue weighted by Gasteiger charge is 2.10. The van der Waals surface area contributed by atoms with E-state index in [0.29, 0.717) is 5.25 Å². The van der Waals surface area contributed by atoms with Crippen molar-refractivity contribution in [2.75, 3.05) is 5.75 Å². The molecule has 11 heavy (non-hydrogen) atoms. The summed E-state index contributed by atoms with van der Waals surface area (Å²) in [5, 5.41) is 0.678. The summed E-state index contributed by atoms with van der Waals surface area (Å²) in [5.41, 5.74) is 0. The van der Waals surface area contributed by atoms with Crippen molar-refractivity contribution in [1.82, 2.24) is 0 Å². The topological polar surface area (TPSA) is 17.1 Å². The summed E-state index contributed by atoms with van der Waals surface area (Å²) in [7, 11) is 0. The molecule has 62 valence electrons. The molecule has 1 heterocycles. The molecule has 0 bridgehead atoms. The molecule has 2 atom stereocenters. The minimum absolute atomic E-state index is 0.240. The molecule has 0 radical (unpaired) electrons. The molecule has 1 aliphatic heterocycles. The number of thioether (sulfide) groups is 1. The Morgan fingerprint density at radius 1 is 1.82 bits per heavy atom. The van der Waals surface area contributed by atoms with Gasteiger partial charge in [-0.3, -0.25) is 0 Å². The summed E-state index contributed by atoms with van der Waals surface area (Å²) in [6.45, 7) is 1.98. The third-order valence-electron chi connectivity index (χ3n) is 1.90. The summed E-state index contributed by atoms with van der Waals surface area (Å²) < 4.78 is 0. The van der Waals surface area contributed by atoms with Crippen molar-refractivity contribution >= 4 is 18.0 Å². The van der Waals surface area contributed by atoms with Crippen LogP contribution in [-0.4, -0.2) is 17.3 Å². The minimum atomic E-state index is 0.240. The van der Waals surface area contributed by atoms with Crippen molar-refractivity contribution in [2.24, 2.45) is 5.92 Å². The zero-order valence-corrected chi connectivity index (χ0v) is 7.64. The van der Waals surface area contributed by atoms with Crippen LogP contribution in [0.15, 0.2) is 12.2 Å². The highest BCUT2D eigenvalue weighted by Crippen LogP contribution is 2.24. The fourth-order valence-electron chi connectivity index (χ4n) is 1.12. The minimum Gasteiger partial charge on any atom is -0.303 e. The van der Waals surface area contributed by atoms with Crippen molar-refractivity contribution in [3.63, 3.8) is 0 Å².